The third-order valence-electron chi connectivity index (χ3n) is 7.29. The van der Waals surface area contributed by atoms with E-state index in [1.54, 1.807) is 39.8 Å². The lowest BCUT2D eigenvalue weighted by Crippen LogP contribution is -2.42. The lowest BCUT2D eigenvalue weighted by molar-refractivity contribution is -0.677. The summed E-state index contributed by atoms with van der Waals surface area (Å²) in [7, 11) is -8.48. The van der Waals surface area contributed by atoms with Crippen molar-refractivity contribution < 1.29 is 39.7 Å². The molecule has 4 aromatic rings. The van der Waals surface area contributed by atoms with E-state index in [1.165, 1.54) is 6.92 Å². The van der Waals surface area contributed by atoms with Crippen LogP contribution in [-0.4, -0.2) is 43.5 Å². The average molecular weight is 660 g/mol. The summed E-state index contributed by atoms with van der Waals surface area (Å²) in [5.41, 5.74) is 4.50. The van der Waals surface area contributed by atoms with Crippen molar-refractivity contribution in [2.24, 2.45) is 0 Å². The zero-order valence-electron chi connectivity index (χ0n) is 24.1. The minimum absolute atomic E-state index is 0.0638. The fraction of sp³-hybridized carbons (Fsp3) is 0.258. The molecule has 1 atom stereocenters. The molecule has 0 radical (unpaired) electrons. The molecule has 3 aromatic carbocycles. The fourth-order valence-electron chi connectivity index (χ4n) is 4.94. The van der Waals surface area contributed by atoms with Gasteiger partial charge in [-0.1, -0.05) is 54.9 Å². The van der Waals surface area contributed by atoms with Crippen LogP contribution in [0.15, 0.2) is 88.7 Å². The molecule has 0 fully saturated rings. The van der Waals surface area contributed by atoms with Crippen molar-refractivity contribution in [1.29, 1.82) is 0 Å². The second kappa shape index (κ2) is 12.7. The van der Waals surface area contributed by atoms with Gasteiger partial charge in [0.05, 0.1) is 17.5 Å². The Morgan fingerprint density at radius 1 is 1.02 bits per heavy atom. The fourth-order valence-corrected chi connectivity index (χ4v) is 5.94. The van der Waals surface area contributed by atoms with E-state index in [0.717, 1.165) is 16.7 Å². The number of oxazole rings is 1. The third kappa shape index (κ3) is 7.33. The van der Waals surface area contributed by atoms with Crippen molar-refractivity contribution >= 4 is 54.7 Å². The number of hydrogen-bond acceptors (Lipinski definition) is 7. The topological polar surface area (TPSA) is 138 Å². The molecule has 1 aliphatic heterocycles. The summed E-state index contributed by atoms with van der Waals surface area (Å²) < 4.78 is 79.8. The zero-order valence-corrected chi connectivity index (χ0v) is 26.4. The number of benzene rings is 3. The van der Waals surface area contributed by atoms with E-state index in [-0.39, 0.29) is 19.5 Å². The van der Waals surface area contributed by atoms with Crippen LogP contribution in [0.1, 0.15) is 32.6 Å². The Hall–Kier alpha value is -3.68. The summed E-state index contributed by atoms with van der Waals surface area (Å²) in [5, 5.41) is -0.634. The first-order chi connectivity index (χ1) is 20.8. The van der Waals surface area contributed by atoms with Crippen molar-refractivity contribution in [1.82, 2.24) is 0 Å². The molecule has 0 spiro atoms. The molecule has 44 heavy (non-hydrogen) atoms. The SMILES string of the molecule is CCC(=C/c1oc2ccc(-c3ccccc3)cc2[n+]1CC(C)S(=O)(=O)O)/C=C1\Oc2ccc(Cl)cc2N1CCCS(=O)(=O)O. The monoisotopic (exact) mass is 659 g/mol. The molecule has 13 heteroatoms. The Morgan fingerprint density at radius 2 is 1.77 bits per heavy atom. The number of rotatable bonds is 11. The maximum absolute atomic E-state index is 12.0. The largest absolute Gasteiger partial charge is 0.439 e. The van der Waals surface area contributed by atoms with Crippen LogP contribution in [0.2, 0.25) is 5.02 Å². The molecule has 0 bridgehead atoms. The lowest BCUT2D eigenvalue weighted by atomic mass is 10.1. The average Bonchev–Trinajstić information content (AvgIpc) is 3.48. The molecule has 10 nitrogen and oxygen atoms in total. The molecule has 1 unspecified atom stereocenters. The van der Waals surface area contributed by atoms with Crippen LogP contribution in [-0.2, 0) is 26.8 Å². The van der Waals surface area contributed by atoms with Crippen molar-refractivity contribution in [3.63, 3.8) is 0 Å². The van der Waals surface area contributed by atoms with Gasteiger partial charge in [-0.3, -0.25) is 9.11 Å². The van der Waals surface area contributed by atoms with Crippen LogP contribution < -0.4 is 14.2 Å². The number of nitrogens with zero attached hydrogens (tertiary/aromatic N) is 2. The van der Waals surface area contributed by atoms with Gasteiger partial charge in [0, 0.05) is 23.7 Å². The Bertz CT molecular complexity index is 1970. The Kier molecular flexibility index (Phi) is 9.19. The molecule has 2 N–H and O–H groups in total. The van der Waals surface area contributed by atoms with E-state index in [9.17, 15) is 25.9 Å². The predicted molar refractivity (Wildman–Crippen MR) is 170 cm³/mol. The first-order valence-electron chi connectivity index (χ1n) is 13.9. The number of anilines is 1. The van der Waals surface area contributed by atoms with E-state index in [1.807, 2.05) is 55.5 Å². The molecule has 5 rings (SSSR count). The van der Waals surface area contributed by atoms with Crippen molar-refractivity contribution in [3.8, 4) is 16.9 Å². The van der Waals surface area contributed by atoms with Crippen LogP contribution in [0, 0.1) is 0 Å². The molecule has 2 heterocycles. The summed E-state index contributed by atoms with van der Waals surface area (Å²) >= 11 is 6.24. The second-order valence-electron chi connectivity index (χ2n) is 10.5. The number of allylic oxidation sites excluding steroid dienone is 2. The Labute approximate surface area is 261 Å². The summed E-state index contributed by atoms with van der Waals surface area (Å²) in [6.07, 6.45) is 4.24. The van der Waals surface area contributed by atoms with E-state index in [2.05, 4.69) is 0 Å². The van der Waals surface area contributed by atoms with Gasteiger partial charge in [-0.25, -0.2) is 0 Å². The van der Waals surface area contributed by atoms with Gasteiger partial charge in [0.2, 0.25) is 11.5 Å². The minimum atomic E-state index is -4.33. The molecule has 0 aliphatic carbocycles. The highest BCUT2D eigenvalue weighted by Crippen LogP contribution is 2.41. The maximum Gasteiger partial charge on any atom is 0.374 e. The number of aromatic nitrogens is 1. The van der Waals surface area contributed by atoms with Gasteiger partial charge in [-0.15, -0.1) is 0 Å². The second-order valence-corrected chi connectivity index (χ2v) is 14.3. The zero-order chi connectivity index (χ0) is 31.6. The minimum Gasteiger partial charge on any atom is -0.439 e. The van der Waals surface area contributed by atoms with E-state index >= 15 is 0 Å². The number of fused-ring (bicyclic) bond motifs is 2. The van der Waals surface area contributed by atoms with Crippen LogP contribution >= 0.6 is 11.6 Å². The van der Waals surface area contributed by atoms with Gasteiger partial charge in [-0.2, -0.15) is 21.4 Å². The molecular formula is C31H32ClN2O8S2+. The Balaban J connectivity index is 1.58. The lowest BCUT2D eigenvalue weighted by Gasteiger charge is -2.18. The highest BCUT2D eigenvalue weighted by Gasteiger charge is 2.30. The standard InChI is InChI=1S/C31H31ClN2O8S2/c1-3-22(16-30-33(14-7-15-43(35,36)37)27-19-25(32)11-13-29(27)41-30)17-31-34(20-21(2)44(38,39)40)26-18-24(10-12-28(26)42-31)23-8-5-4-6-9-23/h4-6,8-13,16-19,21H,3,7,14-15,20H2,1-2H3,(H-,35,36,37,38,39,40)/p+1. The summed E-state index contributed by atoms with van der Waals surface area (Å²) in [6.45, 7) is 3.53. The van der Waals surface area contributed by atoms with Gasteiger partial charge in [-0.05, 0) is 60.7 Å². The van der Waals surface area contributed by atoms with Crippen LogP contribution in [0.5, 0.6) is 5.75 Å². The quantitative estimate of drug-likeness (QED) is 0.144. The van der Waals surface area contributed by atoms with Gasteiger partial charge >= 0.3 is 5.89 Å². The summed E-state index contributed by atoms with van der Waals surface area (Å²) in [5.74, 6) is 0.910. The number of hydrogen-bond donors (Lipinski definition) is 2. The van der Waals surface area contributed by atoms with Crippen molar-refractivity contribution in [2.45, 2.75) is 38.5 Å². The van der Waals surface area contributed by atoms with E-state index < -0.39 is 31.2 Å². The van der Waals surface area contributed by atoms with Gasteiger partial charge in [0.1, 0.15) is 5.25 Å². The van der Waals surface area contributed by atoms with E-state index in [4.69, 9.17) is 20.8 Å². The maximum atomic E-state index is 12.0. The molecule has 1 aliphatic rings. The molecule has 232 valence electrons. The Morgan fingerprint density at radius 3 is 2.45 bits per heavy atom. The van der Waals surface area contributed by atoms with Gasteiger partial charge in [0.15, 0.2) is 12.3 Å². The van der Waals surface area contributed by atoms with Gasteiger partial charge < -0.3 is 14.1 Å². The van der Waals surface area contributed by atoms with Crippen LogP contribution in [0.3, 0.4) is 0 Å². The molecule has 0 amide bonds. The first kappa shape index (κ1) is 31.7. The predicted octanol–water partition coefficient (Wildman–Crippen LogP) is 6.13. The molecular weight excluding hydrogens is 628 g/mol. The van der Waals surface area contributed by atoms with Crippen molar-refractivity contribution in [3.05, 3.63) is 95.2 Å². The van der Waals surface area contributed by atoms with E-state index in [0.29, 0.717) is 45.8 Å². The first-order valence-corrected chi connectivity index (χ1v) is 17.4. The van der Waals surface area contributed by atoms with Crippen molar-refractivity contribution in [2.75, 3.05) is 17.2 Å². The third-order valence-corrected chi connectivity index (χ3v) is 9.49. The smallest absolute Gasteiger partial charge is 0.374 e. The molecule has 1 aromatic heterocycles. The normalized spacial score (nSPS) is 15.5. The summed E-state index contributed by atoms with van der Waals surface area (Å²) in [6, 6.07) is 20.5. The van der Waals surface area contributed by atoms with Crippen LogP contribution in [0.4, 0.5) is 5.69 Å². The van der Waals surface area contributed by atoms with Gasteiger partial charge in [0.25, 0.3) is 25.8 Å². The number of ether oxygens (including phenoxy) is 1. The molecule has 0 saturated heterocycles. The highest BCUT2D eigenvalue weighted by atomic mass is 35.5. The molecule has 0 saturated carbocycles. The highest BCUT2D eigenvalue weighted by molar-refractivity contribution is 7.86. The summed E-state index contributed by atoms with van der Waals surface area (Å²) in [4.78, 5) is 1.79. The number of halogens is 1. The van der Waals surface area contributed by atoms with Crippen LogP contribution in [0.25, 0.3) is 28.3 Å².